The van der Waals surface area contributed by atoms with Gasteiger partial charge in [0.2, 0.25) is 0 Å². The Balaban J connectivity index is 2.88. The lowest BCUT2D eigenvalue weighted by atomic mass is 10.1. The zero-order valence-corrected chi connectivity index (χ0v) is 10.6. The van der Waals surface area contributed by atoms with Gasteiger partial charge in [-0.15, -0.1) is 6.55 Å². The van der Waals surface area contributed by atoms with Crippen molar-refractivity contribution in [2.24, 2.45) is 0 Å². The molecule has 0 bridgehead atoms. The van der Waals surface area contributed by atoms with Gasteiger partial charge in [-0.3, -0.25) is 0 Å². The zero-order chi connectivity index (χ0) is 11.9. The average Bonchev–Trinajstić information content (AvgIpc) is 2.31. The van der Waals surface area contributed by atoms with E-state index in [0.717, 1.165) is 6.42 Å². The summed E-state index contributed by atoms with van der Waals surface area (Å²) >= 11 is 0. The Morgan fingerprint density at radius 3 is 1.73 bits per heavy atom. The van der Waals surface area contributed by atoms with Crippen LogP contribution in [0.3, 0.4) is 0 Å². The first-order valence-corrected chi connectivity index (χ1v) is 6.95. The SMILES string of the molecule is [3H]C=CCCCCCCCCCCCCC. The van der Waals surface area contributed by atoms with Gasteiger partial charge in [-0.2, -0.15) is 0 Å². The second-order valence-electron chi connectivity index (χ2n) is 4.56. The lowest BCUT2D eigenvalue weighted by Gasteiger charge is -2.01. The highest BCUT2D eigenvalue weighted by atomic mass is 14.0. The summed E-state index contributed by atoms with van der Waals surface area (Å²) in [4.78, 5) is 0. The lowest BCUT2D eigenvalue weighted by molar-refractivity contribution is 0.550. The molecular formula is C15H30. The summed E-state index contributed by atoms with van der Waals surface area (Å²) in [7, 11) is 0. The molecule has 0 aromatic rings. The molecular weight excluding hydrogens is 180 g/mol. The van der Waals surface area contributed by atoms with E-state index >= 15 is 0 Å². The third-order valence-corrected chi connectivity index (χ3v) is 2.97. The minimum Gasteiger partial charge on any atom is -0.103 e. The van der Waals surface area contributed by atoms with Crippen LogP contribution in [0.15, 0.2) is 12.6 Å². The molecule has 0 unspecified atom stereocenters. The van der Waals surface area contributed by atoms with Crippen LogP contribution >= 0.6 is 0 Å². The standard InChI is InChI=1S/C15H30/c1-3-5-7-9-11-13-15-14-12-10-8-6-4-2/h3H,1,4-15H2,2H3/i1T. The first-order chi connectivity index (χ1) is 7.91. The van der Waals surface area contributed by atoms with Crippen molar-refractivity contribution in [3.8, 4) is 0 Å². The van der Waals surface area contributed by atoms with E-state index in [-0.39, 0.29) is 0 Å². The normalized spacial score (nSPS) is 12.2. The Morgan fingerprint density at radius 2 is 1.27 bits per heavy atom. The molecule has 0 heterocycles. The number of hydrogen-bond acceptors (Lipinski definition) is 0. The molecule has 0 N–H and O–H groups in total. The predicted molar refractivity (Wildman–Crippen MR) is 71.3 cm³/mol. The highest BCUT2D eigenvalue weighted by Gasteiger charge is 1.91. The third kappa shape index (κ3) is 13.7. The molecule has 0 aromatic carbocycles. The van der Waals surface area contributed by atoms with Crippen LogP contribution in [0.5, 0.6) is 0 Å². The van der Waals surface area contributed by atoms with E-state index in [9.17, 15) is 0 Å². The molecule has 0 nitrogen and oxygen atoms in total. The Bertz CT molecular complexity index is 140. The first kappa shape index (κ1) is 12.8. The minimum absolute atomic E-state index is 1.10. The van der Waals surface area contributed by atoms with Crippen molar-refractivity contribution in [2.45, 2.75) is 84.0 Å². The molecule has 0 saturated heterocycles. The van der Waals surface area contributed by atoms with E-state index in [4.69, 9.17) is 1.37 Å². The summed E-state index contributed by atoms with van der Waals surface area (Å²) in [6.07, 6.45) is 18.5. The molecule has 15 heavy (non-hydrogen) atoms. The Hall–Kier alpha value is -0.260. The van der Waals surface area contributed by atoms with E-state index in [0.29, 0.717) is 0 Å². The molecule has 0 heteroatoms. The van der Waals surface area contributed by atoms with Crippen molar-refractivity contribution in [1.29, 1.82) is 0 Å². The van der Waals surface area contributed by atoms with Crippen molar-refractivity contribution >= 4 is 0 Å². The molecule has 0 amide bonds. The monoisotopic (exact) mass is 212 g/mol. The largest absolute Gasteiger partial charge is 0.103 e. The third-order valence-electron chi connectivity index (χ3n) is 2.97. The fraction of sp³-hybridized carbons (Fsp3) is 0.867. The van der Waals surface area contributed by atoms with Crippen molar-refractivity contribution in [3.05, 3.63) is 12.6 Å². The van der Waals surface area contributed by atoms with E-state index in [1.54, 1.807) is 0 Å². The molecule has 0 aliphatic heterocycles. The Kier molecular flexibility index (Phi) is 11.7. The molecule has 90 valence electrons. The van der Waals surface area contributed by atoms with Gasteiger partial charge in [0.1, 0.15) is 0 Å². The molecule has 0 aliphatic rings. The number of rotatable bonds is 12. The van der Waals surface area contributed by atoms with Crippen LogP contribution in [-0.2, 0) is 0 Å². The minimum atomic E-state index is 1.10. The molecule has 0 radical (unpaired) electrons. The number of hydrogen-bond donors (Lipinski definition) is 0. The maximum atomic E-state index is 6.86. The fourth-order valence-corrected chi connectivity index (χ4v) is 1.93. The van der Waals surface area contributed by atoms with Crippen LogP contribution in [0.25, 0.3) is 0 Å². The van der Waals surface area contributed by atoms with Crippen molar-refractivity contribution in [3.63, 3.8) is 0 Å². The van der Waals surface area contributed by atoms with Crippen molar-refractivity contribution < 1.29 is 1.37 Å². The summed E-state index contributed by atoms with van der Waals surface area (Å²) < 4.78 is 6.86. The van der Waals surface area contributed by atoms with E-state index in [2.05, 4.69) is 6.92 Å². The molecule has 0 aliphatic carbocycles. The smallest absolute Gasteiger partial charge is 0.0534 e. The summed E-state index contributed by atoms with van der Waals surface area (Å²) in [5.41, 5.74) is 0. The molecule has 0 rings (SSSR count). The molecule has 0 atom stereocenters. The number of allylic oxidation sites excluding steroid dienone is 1. The quantitative estimate of drug-likeness (QED) is 0.280. The summed E-state index contributed by atoms with van der Waals surface area (Å²) in [6, 6.07) is 0. The van der Waals surface area contributed by atoms with Crippen molar-refractivity contribution in [2.75, 3.05) is 0 Å². The molecule has 0 spiro atoms. The van der Waals surface area contributed by atoms with Gasteiger partial charge in [0, 0.05) is 0 Å². The van der Waals surface area contributed by atoms with Gasteiger partial charge in [0.25, 0.3) is 0 Å². The van der Waals surface area contributed by atoms with Gasteiger partial charge in [-0.05, 0) is 12.8 Å². The predicted octanol–water partition coefficient (Wildman–Crippen LogP) is 5.87. The van der Waals surface area contributed by atoms with Gasteiger partial charge < -0.3 is 0 Å². The summed E-state index contributed by atoms with van der Waals surface area (Å²) in [5.74, 6) is 0. The van der Waals surface area contributed by atoms with Gasteiger partial charge >= 0.3 is 0 Å². The summed E-state index contributed by atoms with van der Waals surface area (Å²) in [5, 5.41) is 0. The second-order valence-corrected chi connectivity index (χ2v) is 4.56. The highest BCUT2D eigenvalue weighted by Crippen LogP contribution is 2.11. The van der Waals surface area contributed by atoms with Crippen LogP contribution < -0.4 is 0 Å². The van der Waals surface area contributed by atoms with E-state index in [1.807, 2.05) is 6.08 Å². The van der Waals surface area contributed by atoms with Gasteiger partial charge in [-0.1, -0.05) is 77.2 Å². The Morgan fingerprint density at radius 1 is 0.800 bits per heavy atom. The van der Waals surface area contributed by atoms with Crippen LogP contribution in [0.4, 0.5) is 0 Å². The van der Waals surface area contributed by atoms with Crippen LogP contribution in [0, 0.1) is 0 Å². The fourth-order valence-electron chi connectivity index (χ4n) is 1.93. The second kappa shape index (κ2) is 13.7. The lowest BCUT2D eigenvalue weighted by Crippen LogP contribution is -1.81. The van der Waals surface area contributed by atoms with Gasteiger partial charge in [-0.25, -0.2) is 0 Å². The van der Waals surface area contributed by atoms with E-state index < -0.39 is 0 Å². The maximum Gasteiger partial charge on any atom is 0.0534 e. The number of unbranched alkanes of at least 4 members (excludes halogenated alkanes) is 11. The average molecular weight is 212 g/mol. The maximum absolute atomic E-state index is 6.86. The van der Waals surface area contributed by atoms with Gasteiger partial charge in [0.05, 0.1) is 1.37 Å². The molecule has 0 saturated carbocycles. The zero-order valence-electron chi connectivity index (χ0n) is 11.6. The topological polar surface area (TPSA) is 0 Å². The van der Waals surface area contributed by atoms with Gasteiger partial charge in [0.15, 0.2) is 0 Å². The highest BCUT2D eigenvalue weighted by molar-refractivity contribution is 4.65. The van der Waals surface area contributed by atoms with Crippen LogP contribution in [-0.4, -0.2) is 0 Å². The molecule has 0 aromatic heterocycles. The van der Waals surface area contributed by atoms with Crippen LogP contribution in [0.1, 0.15) is 85.3 Å². The molecule has 0 fully saturated rings. The van der Waals surface area contributed by atoms with Crippen LogP contribution in [0.2, 0.25) is 0 Å². The first-order valence-electron chi connectivity index (χ1n) is 7.53. The summed E-state index contributed by atoms with van der Waals surface area (Å²) in [6.45, 7) is 3.69. The Labute approximate surface area is 98.6 Å². The van der Waals surface area contributed by atoms with E-state index in [1.165, 1.54) is 77.2 Å². The van der Waals surface area contributed by atoms with Crippen molar-refractivity contribution in [1.82, 2.24) is 0 Å².